The maximum absolute atomic E-state index is 13.0. The van der Waals surface area contributed by atoms with Crippen molar-refractivity contribution in [3.05, 3.63) is 41.5 Å². The fourth-order valence-electron chi connectivity index (χ4n) is 4.17. The molecule has 1 amide bonds. The number of carbonyl (C=O) groups excluding carboxylic acids is 1. The Balaban J connectivity index is 1.44. The van der Waals surface area contributed by atoms with E-state index in [0.29, 0.717) is 29.7 Å². The summed E-state index contributed by atoms with van der Waals surface area (Å²) >= 11 is 0. The molecule has 8 nitrogen and oxygen atoms in total. The number of aryl methyl sites for hydroxylation is 1. The number of nitrogens with zero attached hydrogens (tertiary/aromatic N) is 4. The Kier molecular flexibility index (Phi) is 5.51. The molecule has 1 saturated carbocycles. The average molecular weight is 398 g/mol. The highest BCUT2D eigenvalue weighted by Gasteiger charge is 2.36. The summed E-state index contributed by atoms with van der Waals surface area (Å²) in [5.41, 5.74) is 0.436. The summed E-state index contributed by atoms with van der Waals surface area (Å²) in [5.74, 6) is 1.22. The molecule has 0 bridgehead atoms. The van der Waals surface area contributed by atoms with Crippen LogP contribution in [0.25, 0.3) is 0 Å². The number of hydrogen-bond donors (Lipinski definition) is 1. The van der Waals surface area contributed by atoms with Crippen molar-refractivity contribution in [2.45, 2.75) is 58.2 Å². The molecule has 1 fully saturated rings. The molecule has 1 unspecified atom stereocenters. The largest absolute Gasteiger partial charge is 0.493 e. The summed E-state index contributed by atoms with van der Waals surface area (Å²) in [6, 6.07) is 6.00. The van der Waals surface area contributed by atoms with Crippen LogP contribution < -0.4 is 4.74 Å². The van der Waals surface area contributed by atoms with E-state index in [1.54, 1.807) is 35.8 Å². The molecule has 8 heteroatoms. The summed E-state index contributed by atoms with van der Waals surface area (Å²) in [5, 5.41) is 17.7. The normalized spacial score (nSPS) is 19.6. The maximum Gasteiger partial charge on any atom is 0.328 e. The molecule has 2 aromatic rings. The van der Waals surface area contributed by atoms with E-state index >= 15 is 0 Å². The van der Waals surface area contributed by atoms with Gasteiger partial charge >= 0.3 is 5.97 Å². The van der Waals surface area contributed by atoms with Crippen molar-refractivity contribution in [1.29, 1.82) is 0 Å². The van der Waals surface area contributed by atoms with E-state index in [4.69, 9.17) is 4.74 Å². The molecule has 0 saturated heterocycles. The minimum Gasteiger partial charge on any atom is -0.493 e. The first kappa shape index (κ1) is 19.4. The Morgan fingerprint density at radius 3 is 2.55 bits per heavy atom. The number of fused-ring (bicyclic) bond motifs is 1. The van der Waals surface area contributed by atoms with E-state index in [9.17, 15) is 14.7 Å². The van der Waals surface area contributed by atoms with Gasteiger partial charge in [-0.3, -0.25) is 4.79 Å². The average Bonchev–Trinajstić information content (AvgIpc) is 3.12. The van der Waals surface area contributed by atoms with Gasteiger partial charge in [0.2, 0.25) is 0 Å². The van der Waals surface area contributed by atoms with Crippen LogP contribution in [0.15, 0.2) is 24.3 Å². The van der Waals surface area contributed by atoms with Crippen LogP contribution in [0.3, 0.4) is 0 Å². The Morgan fingerprint density at radius 1 is 1.14 bits per heavy atom. The molecule has 29 heavy (non-hydrogen) atoms. The highest BCUT2D eigenvalue weighted by molar-refractivity contribution is 5.96. The van der Waals surface area contributed by atoms with Crippen LogP contribution in [-0.4, -0.2) is 49.3 Å². The fourth-order valence-corrected chi connectivity index (χ4v) is 4.17. The third kappa shape index (κ3) is 4.11. The van der Waals surface area contributed by atoms with Crippen LogP contribution in [0, 0.1) is 12.8 Å². The summed E-state index contributed by atoms with van der Waals surface area (Å²) in [7, 11) is 0. The first-order valence-electron chi connectivity index (χ1n) is 10.2. The molecule has 154 valence electrons. The number of hydrogen-bond acceptors (Lipinski definition) is 5. The number of ether oxygens (including phenoxy) is 1. The summed E-state index contributed by atoms with van der Waals surface area (Å²) < 4.78 is 7.65. The van der Waals surface area contributed by atoms with Gasteiger partial charge in [0.15, 0.2) is 5.82 Å². The van der Waals surface area contributed by atoms with Crippen LogP contribution in [0.5, 0.6) is 5.75 Å². The zero-order valence-corrected chi connectivity index (χ0v) is 16.6. The van der Waals surface area contributed by atoms with Crippen LogP contribution >= 0.6 is 0 Å². The van der Waals surface area contributed by atoms with Gasteiger partial charge in [-0.25, -0.2) is 4.79 Å². The van der Waals surface area contributed by atoms with Gasteiger partial charge in [-0.05, 0) is 49.9 Å². The fraction of sp³-hybridized carbons (Fsp3) is 0.524. The van der Waals surface area contributed by atoms with E-state index < -0.39 is 12.0 Å². The van der Waals surface area contributed by atoms with Gasteiger partial charge in [-0.2, -0.15) is 0 Å². The van der Waals surface area contributed by atoms with Crippen molar-refractivity contribution in [3.63, 3.8) is 0 Å². The minimum absolute atomic E-state index is 0.122. The predicted octanol–water partition coefficient (Wildman–Crippen LogP) is 2.65. The molecule has 4 rings (SSSR count). The number of carboxylic acids is 1. The lowest BCUT2D eigenvalue weighted by Gasteiger charge is -2.33. The SMILES string of the molecule is Cc1nnc2n1CC(C(=O)O)N(C(=O)c1ccc(OCC3CCCCC3)cc1)C2. The molecule has 1 atom stereocenters. The second-order valence-corrected chi connectivity index (χ2v) is 7.90. The van der Waals surface area contributed by atoms with Gasteiger partial charge in [0, 0.05) is 5.56 Å². The van der Waals surface area contributed by atoms with Crippen molar-refractivity contribution in [2.24, 2.45) is 5.92 Å². The molecular formula is C21H26N4O4. The monoisotopic (exact) mass is 398 g/mol. The van der Waals surface area contributed by atoms with Crippen LogP contribution in [0.1, 0.15) is 54.1 Å². The quantitative estimate of drug-likeness (QED) is 0.832. The van der Waals surface area contributed by atoms with E-state index in [-0.39, 0.29) is 19.0 Å². The molecule has 2 aliphatic rings. The van der Waals surface area contributed by atoms with Crippen LogP contribution in [-0.2, 0) is 17.9 Å². The van der Waals surface area contributed by atoms with E-state index in [2.05, 4.69) is 10.2 Å². The van der Waals surface area contributed by atoms with Crippen LogP contribution in [0.2, 0.25) is 0 Å². The number of carboxylic acid groups (broad SMARTS) is 1. The number of aromatic nitrogens is 3. The highest BCUT2D eigenvalue weighted by Crippen LogP contribution is 2.25. The third-order valence-electron chi connectivity index (χ3n) is 5.91. The van der Waals surface area contributed by atoms with E-state index in [1.807, 2.05) is 0 Å². The lowest BCUT2D eigenvalue weighted by Crippen LogP contribution is -2.50. The first-order valence-corrected chi connectivity index (χ1v) is 10.2. The molecule has 0 radical (unpaired) electrons. The summed E-state index contributed by atoms with van der Waals surface area (Å²) in [4.78, 5) is 26.1. The molecule has 1 aliphatic heterocycles. The first-order chi connectivity index (χ1) is 14.0. The standard InChI is InChI=1S/C21H26N4O4/c1-14-22-23-19-12-25(18(21(27)28)11-24(14)19)20(26)16-7-9-17(10-8-16)29-13-15-5-3-2-4-6-15/h7-10,15,18H,2-6,11-13H2,1H3,(H,27,28). The lowest BCUT2D eigenvalue weighted by atomic mass is 9.90. The number of amides is 1. The lowest BCUT2D eigenvalue weighted by molar-refractivity contribution is -0.143. The molecule has 1 aromatic heterocycles. The topological polar surface area (TPSA) is 97.5 Å². The second-order valence-electron chi connectivity index (χ2n) is 7.90. The van der Waals surface area contributed by atoms with Gasteiger partial charge < -0.3 is 19.3 Å². The van der Waals surface area contributed by atoms with Crippen molar-refractivity contribution in [3.8, 4) is 5.75 Å². The summed E-state index contributed by atoms with van der Waals surface area (Å²) in [6.45, 7) is 2.75. The zero-order chi connectivity index (χ0) is 20.4. The van der Waals surface area contributed by atoms with Crippen molar-refractivity contribution >= 4 is 11.9 Å². The second kappa shape index (κ2) is 8.23. The van der Waals surface area contributed by atoms with Gasteiger partial charge in [0.1, 0.15) is 17.6 Å². The Bertz CT molecular complexity index is 887. The number of rotatable bonds is 5. The molecule has 1 N–H and O–H groups in total. The summed E-state index contributed by atoms with van der Waals surface area (Å²) in [6.07, 6.45) is 6.29. The third-order valence-corrected chi connectivity index (χ3v) is 5.91. The van der Waals surface area contributed by atoms with Crippen molar-refractivity contribution < 1.29 is 19.4 Å². The van der Waals surface area contributed by atoms with Gasteiger partial charge in [-0.15, -0.1) is 10.2 Å². The molecule has 2 heterocycles. The van der Waals surface area contributed by atoms with E-state index in [0.717, 1.165) is 5.75 Å². The Labute approximate surface area is 169 Å². The van der Waals surface area contributed by atoms with Crippen molar-refractivity contribution in [1.82, 2.24) is 19.7 Å². The zero-order valence-electron chi connectivity index (χ0n) is 16.6. The Hall–Kier alpha value is -2.90. The molecule has 1 aliphatic carbocycles. The van der Waals surface area contributed by atoms with Crippen LogP contribution in [0.4, 0.5) is 0 Å². The van der Waals surface area contributed by atoms with Gasteiger partial charge in [0.25, 0.3) is 5.91 Å². The molecule has 0 spiro atoms. The number of benzene rings is 1. The maximum atomic E-state index is 13.0. The van der Waals surface area contributed by atoms with Gasteiger partial charge in [-0.1, -0.05) is 19.3 Å². The predicted molar refractivity (Wildman–Crippen MR) is 105 cm³/mol. The molecule has 1 aromatic carbocycles. The smallest absolute Gasteiger partial charge is 0.328 e. The molecular weight excluding hydrogens is 372 g/mol. The Morgan fingerprint density at radius 2 is 1.86 bits per heavy atom. The van der Waals surface area contributed by atoms with Crippen molar-refractivity contribution in [2.75, 3.05) is 6.61 Å². The number of aliphatic carboxylic acids is 1. The van der Waals surface area contributed by atoms with E-state index in [1.165, 1.54) is 37.0 Å². The highest BCUT2D eigenvalue weighted by atomic mass is 16.5. The van der Waals surface area contributed by atoms with Gasteiger partial charge in [0.05, 0.1) is 19.7 Å². The number of carbonyl (C=O) groups is 2. The minimum atomic E-state index is -1.04.